The lowest BCUT2D eigenvalue weighted by Gasteiger charge is -2.36. The molecule has 1 unspecified atom stereocenters. The van der Waals surface area contributed by atoms with Gasteiger partial charge in [-0.05, 0) is 35.9 Å². The number of benzene rings is 1. The molecule has 1 aromatic heterocycles. The molecule has 33 heavy (non-hydrogen) atoms. The number of aromatic nitrogens is 1. The maximum atomic E-state index is 12.9. The van der Waals surface area contributed by atoms with Crippen LogP contribution in [0.5, 0.6) is 0 Å². The van der Waals surface area contributed by atoms with Crippen LogP contribution in [0.4, 0.5) is 0 Å². The molecule has 8 heteroatoms. The lowest BCUT2D eigenvalue weighted by Crippen LogP contribution is -2.38. The number of esters is 1. The Labute approximate surface area is 197 Å². The Morgan fingerprint density at radius 2 is 2.09 bits per heavy atom. The topological polar surface area (TPSA) is 83.9 Å². The molecule has 4 rings (SSSR count). The first kappa shape index (κ1) is 22.8. The van der Waals surface area contributed by atoms with E-state index in [1.165, 1.54) is 18.9 Å². The fourth-order valence-electron chi connectivity index (χ4n) is 4.00. The summed E-state index contributed by atoms with van der Waals surface area (Å²) in [4.78, 5) is 36.5. The van der Waals surface area contributed by atoms with E-state index in [0.717, 1.165) is 27.6 Å². The number of nitrogens with one attached hydrogen (secondary N) is 1. The van der Waals surface area contributed by atoms with Gasteiger partial charge in [0.2, 0.25) is 5.91 Å². The Morgan fingerprint density at radius 3 is 2.79 bits per heavy atom. The van der Waals surface area contributed by atoms with Crippen LogP contribution in [0.2, 0.25) is 0 Å². The van der Waals surface area contributed by atoms with E-state index in [1.807, 2.05) is 54.5 Å². The lowest BCUT2D eigenvalue weighted by atomic mass is 9.92. The molecular weight excluding hydrogens is 436 g/mol. The Hall–Kier alpha value is -3.39. The number of aliphatic imine (C=N–C) groups is 1. The van der Waals surface area contributed by atoms with E-state index in [9.17, 15) is 9.59 Å². The molecule has 1 aromatic carbocycles. The fraction of sp³-hybridized carbons (Fsp3) is 0.280. The number of pyridine rings is 1. The number of amides is 1. The molecule has 0 radical (unpaired) electrons. The number of amidine groups is 1. The van der Waals surface area contributed by atoms with E-state index in [1.54, 1.807) is 12.4 Å². The van der Waals surface area contributed by atoms with E-state index >= 15 is 0 Å². The van der Waals surface area contributed by atoms with Crippen LogP contribution in [-0.2, 0) is 20.9 Å². The second kappa shape index (κ2) is 10.0. The summed E-state index contributed by atoms with van der Waals surface area (Å²) in [6.07, 6.45) is 4.20. The SMILES string of the molecule is CCC1=C(C(=O)OC)C(c2cccc(C)c2)N2C(CC(=O)NCc3cccnc3)=CSC2=N1. The van der Waals surface area contributed by atoms with Gasteiger partial charge in [0.25, 0.3) is 0 Å². The van der Waals surface area contributed by atoms with Crippen molar-refractivity contribution in [3.8, 4) is 0 Å². The van der Waals surface area contributed by atoms with Crippen LogP contribution in [0, 0.1) is 6.92 Å². The summed E-state index contributed by atoms with van der Waals surface area (Å²) in [5.74, 6) is -0.515. The largest absolute Gasteiger partial charge is 0.466 e. The Kier molecular flexibility index (Phi) is 6.93. The highest BCUT2D eigenvalue weighted by atomic mass is 32.2. The van der Waals surface area contributed by atoms with Crippen LogP contribution in [0.15, 0.2) is 76.2 Å². The van der Waals surface area contributed by atoms with Crippen molar-refractivity contribution in [3.05, 3.63) is 87.9 Å². The number of rotatable bonds is 7. The van der Waals surface area contributed by atoms with Crippen molar-refractivity contribution < 1.29 is 14.3 Å². The van der Waals surface area contributed by atoms with Gasteiger partial charge in [-0.1, -0.05) is 54.6 Å². The summed E-state index contributed by atoms with van der Waals surface area (Å²) in [5.41, 5.74) is 5.00. The minimum absolute atomic E-state index is 0.111. The molecule has 0 aliphatic carbocycles. The van der Waals surface area contributed by atoms with Crippen molar-refractivity contribution in [2.45, 2.75) is 39.3 Å². The minimum Gasteiger partial charge on any atom is -0.466 e. The summed E-state index contributed by atoms with van der Waals surface area (Å²) in [6.45, 7) is 4.40. The van der Waals surface area contributed by atoms with Crippen LogP contribution >= 0.6 is 11.8 Å². The van der Waals surface area contributed by atoms with Gasteiger partial charge >= 0.3 is 5.97 Å². The van der Waals surface area contributed by atoms with E-state index in [-0.39, 0.29) is 12.3 Å². The highest BCUT2D eigenvalue weighted by Gasteiger charge is 2.41. The van der Waals surface area contributed by atoms with Gasteiger partial charge in [0, 0.05) is 24.6 Å². The molecule has 1 amide bonds. The number of hydrogen-bond donors (Lipinski definition) is 1. The van der Waals surface area contributed by atoms with Crippen molar-refractivity contribution in [1.29, 1.82) is 0 Å². The second-order valence-electron chi connectivity index (χ2n) is 7.83. The molecule has 0 fully saturated rings. The van der Waals surface area contributed by atoms with Gasteiger partial charge < -0.3 is 15.0 Å². The number of carbonyl (C=O) groups excluding carboxylic acids is 2. The molecule has 2 aliphatic rings. The first-order chi connectivity index (χ1) is 16.0. The fourth-order valence-corrected chi connectivity index (χ4v) is 4.94. The molecule has 2 aromatic rings. The number of methoxy groups -OCH3 is 1. The summed E-state index contributed by atoms with van der Waals surface area (Å²) < 4.78 is 5.15. The lowest BCUT2D eigenvalue weighted by molar-refractivity contribution is -0.136. The monoisotopic (exact) mass is 462 g/mol. The smallest absolute Gasteiger partial charge is 0.338 e. The Morgan fingerprint density at radius 1 is 1.24 bits per heavy atom. The van der Waals surface area contributed by atoms with Crippen molar-refractivity contribution in [1.82, 2.24) is 15.2 Å². The molecule has 0 bridgehead atoms. The highest BCUT2D eigenvalue weighted by molar-refractivity contribution is 8.16. The van der Waals surface area contributed by atoms with Crippen molar-refractivity contribution in [2.75, 3.05) is 7.11 Å². The molecule has 0 spiro atoms. The molecule has 3 heterocycles. The summed E-state index contributed by atoms with van der Waals surface area (Å²) in [7, 11) is 1.39. The third-order valence-corrected chi connectivity index (χ3v) is 6.43. The van der Waals surface area contributed by atoms with Crippen molar-refractivity contribution in [2.24, 2.45) is 4.99 Å². The van der Waals surface area contributed by atoms with Gasteiger partial charge in [-0.2, -0.15) is 0 Å². The standard InChI is InChI=1S/C25H26N4O3S/c1-4-20-22(24(31)32-3)23(18-9-5-7-16(2)11-18)29-19(15-33-25(29)28-20)12-21(30)27-14-17-8-6-10-26-13-17/h5-11,13,15,23H,4,12,14H2,1-3H3,(H,27,30). The molecule has 7 nitrogen and oxygen atoms in total. The van der Waals surface area contributed by atoms with E-state index in [4.69, 9.17) is 9.73 Å². The zero-order valence-corrected chi connectivity index (χ0v) is 19.7. The number of fused-ring (bicyclic) bond motifs is 1. The van der Waals surface area contributed by atoms with E-state index in [2.05, 4.69) is 16.4 Å². The average molecular weight is 463 g/mol. The zero-order chi connectivity index (χ0) is 23.4. The van der Waals surface area contributed by atoms with Gasteiger partial charge in [-0.25, -0.2) is 9.79 Å². The first-order valence-corrected chi connectivity index (χ1v) is 11.7. The van der Waals surface area contributed by atoms with Crippen molar-refractivity contribution >= 4 is 28.8 Å². The number of ether oxygens (including phenoxy) is 1. The van der Waals surface area contributed by atoms with Gasteiger partial charge in [-0.3, -0.25) is 9.78 Å². The number of allylic oxidation sites excluding steroid dienone is 1. The highest BCUT2D eigenvalue weighted by Crippen LogP contribution is 2.45. The van der Waals surface area contributed by atoms with Crippen LogP contribution < -0.4 is 5.32 Å². The van der Waals surface area contributed by atoms with Crippen molar-refractivity contribution in [3.63, 3.8) is 0 Å². The zero-order valence-electron chi connectivity index (χ0n) is 18.9. The molecule has 0 saturated carbocycles. The normalized spacial score (nSPS) is 17.3. The average Bonchev–Trinajstić information content (AvgIpc) is 3.23. The van der Waals surface area contributed by atoms with Gasteiger partial charge in [0.05, 0.1) is 30.8 Å². The summed E-state index contributed by atoms with van der Waals surface area (Å²) >= 11 is 1.47. The number of carbonyl (C=O) groups is 2. The number of aryl methyl sites for hydroxylation is 1. The Bertz CT molecular complexity index is 1160. The predicted molar refractivity (Wildman–Crippen MR) is 129 cm³/mol. The van der Waals surface area contributed by atoms with Crippen LogP contribution in [0.3, 0.4) is 0 Å². The second-order valence-corrected chi connectivity index (χ2v) is 8.66. The summed E-state index contributed by atoms with van der Waals surface area (Å²) in [5, 5.41) is 5.66. The van der Waals surface area contributed by atoms with Gasteiger partial charge in [-0.15, -0.1) is 0 Å². The minimum atomic E-state index is -0.410. The quantitative estimate of drug-likeness (QED) is 0.620. The number of nitrogens with zero attached hydrogens (tertiary/aromatic N) is 3. The molecular formula is C25H26N4O3S. The third-order valence-electron chi connectivity index (χ3n) is 5.54. The maximum absolute atomic E-state index is 12.9. The predicted octanol–water partition coefficient (Wildman–Crippen LogP) is 4.23. The van der Waals surface area contributed by atoms with Gasteiger partial charge in [0.15, 0.2) is 5.17 Å². The summed E-state index contributed by atoms with van der Waals surface area (Å²) in [6, 6.07) is 11.4. The molecule has 2 aliphatic heterocycles. The number of hydrogen-bond acceptors (Lipinski definition) is 7. The van der Waals surface area contributed by atoms with Crippen LogP contribution in [0.25, 0.3) is 0 Å². The van der Waals surface area contributed by atoms with E-state index in [0.29, 0.717) is 24.2 Å². The number of thioether (sulfide) groups is 1. The third kappa shape index (κ3) is 4.85. The molecule has 1 atom stereocenters. The maximum Gasteiger partial charge on any atom is 0.338 e. The first-order valence-electron chi connectivity index (χ1n) is 10.8. The van der Waals surface area contributed by atoms with E-state index < -0.39 is 12.0 Å². The van der Waals surface area contributed by atoms with Crippen LogP contribution in [-0.4, -0.2) is 34.0 Å². The van der Waals surface area contributed by atoms with Gasteiger partial charge in [0.1, 0.15) is 0 Å². The molecule has 0 saturated heterocycles. The molecule has 170 valence electrons. The molecule has 1 N–H and O–H groups in total. The van der Waals surface area contributed by atoms with Crippen LogP contribution in [0.1, 0.15) is 42.5 Å². The Balaban J connectivity index is 1.64.